The minimum absolute atomic E-state index is 0.0319. The van der Waals surface area contributed by atoms with E-state index in [9.17, 15) is 18.9 Å². The summed E-state index contributed by atoms with van der Waals surface area (Å²) in [5.74, 6) is -1.28. The highest BCUT2D eigenvalue weighted by molar-refractivity contribution is 7.64. The second kappa shape index (κ2) is 6.17. The number of hydrogen-bond donors (Lipinski definition) is 1. The highest BCUT2D eigenvalue weighted by atomic mass is 35.5. The first-order chi connectivity index (χ1) is 11.0. The number of carbonyl (C=O) groups is 2. The van der Waals surface area contributed by atoms with Gasteiger partial charge in [-0.15, -0.1) is 0 Å². The Hall–Kier alpha value is -2.12. The van der Waals surface area contributed by atoms with Crippen molar-refractivity contribution in [3.63, 3.8) is 0 Å². The predicted octanol–water partition coefficient (Wildman–Crippen LogP) is 3.06. The smallest absolute Gasteiger partial charge is 0.463 e. The fourth-order valence-corrected chi connectivity index (χ4v) is 2.93. The molecule has 1 aromatic carbocycles. The van der Waals surface area contributed by atoms with Crippen LogP contribution in [-0.2, 0) is 21.6 Å². The monoisotopic (exact) mass is 352 g/mol. The number of carboxylic acids is 1. The second-order valence-corrected chi connectivity index (χ2v) is 6.19. The van der Waals surface area contributed by atoms with E-state index in [0.717, 1.165) is 12.8 Å². The molecule has 2 aromatic rings. The maximum Gasteiger partial charge on any atom is 0.463 e. The Labute approximate surface area is 139 Å². The molecule has 0 spiro atoms. The summed E-state index contributed by atoms with van der Waals surface area (Å²) in [6.45, 7) is 0. The summed E-state index contributed by atoms with van der Waals surface area (Å²) in [4.78, 5) is 24.1. The summed E-state index contributed by atoms with van der Waals surface area (Å²) in [7, 11) is 0. The average molecular weight is 353 g/mol. The zero-order valence-electron chi connectivity index (χ0n) is 11.7. The molecule has 1 aliphatic rings. The highest BCUT2D eigenvalue weighted by Gasteiger charge is 2.37. The Morgan fingerprint density at radius 3 is 2.70 bits per heavy atom. The summed E-state index contributed by atoms with van der Waals surface area (Å²) in [5.41, 5.74) is 0.427. The van der Waals surface area contributed by atoms with Gasteiger partial charge in [0, 0.05) is 21.3 Å². The number of nitrogens with zero attached hydrogens (tertiary/aromatic N) is 1. The third kappa shape index (κ3) is 3.02. The number of benzene rings is 1. The lowest BCUT2D eigenvalue weighted by Gasteiger charge is -2.04. The molecule has 3 rings (SSSR count). The summed E-state index contributed by atoms with van der Waals surface area (Å²) < 4.78 is 15.7. The quantitative estimate of drug-likeness (QED) is 0.633. The number of ketones is 1. The lowest BCUT2D eigenvalue weighted by Crippen LogP contribution is -2.11. The van der Waals surface area contributed by atoms with Crippen LogP contribution in [0, 0.1) is 0 Å². The van der Waals surface area contributed by atoms with Crippen molar-refractivity contribution in [1.82, 2.24) is 5.16 Å². The van der Waals surface area contributed by atoms with E-state index in [1.54, 1.807) is 6.07 Å². The van der Waals surface area contributed by atoms with E-state index >= 15 is 0 Å². The minimum atomic E-state index is -1.32. The van der Waals surface area contributed by atoms with Crippen LogP contribution in [0.5, 0.6) is 0 Å². The van der Waals surface area contributed by atoms with Crippen molar-refractivity contribution in [3.05, 3.63) is 51.4 Å². The minimum Gasteiger partial charge on any atom is -0.476 e. The number of halogens is 1. The van der Waals surface area contributed by atoms with E-state index < -0.39 is 17.4 Å². The maximum atomic E-state index is 12.8. The molecule has 1 aliphatic carbocycles. The van der Waals surface area contributed by atoms with Crippen LogP contribution < -0.4 is 0 Å². The molecule has 1 aromatic heterocycles. The Morgan fingerprint density at radius 1 is 1.39 bits per heavy atom. The van der Waals surface area contributed by atoms with Gasteiger partial charge in [-0.05, 0) is 25.0 Å². The van der Waals surface area contributed by atoms with E-state index in [1.807, 2.05) is 0 Å². The van der Waals surface area contributed by atoms with Gasteiger partial charge in [-0.1, -0.05) is 22.8 Å². The van der Waals surface area contributed by atoms with Gasteiger partial charge in [0.1, 0.15) is 5.56 Å². The fourth-order valence-electron chi connectivity index (χ4n) is 2.33. The Balaban J connectivity index is 2.05. The molecule has 1 heterocycles. The first-order valence-corrected chi connectivity index (χ1v) is 8.12. The number of carbonyl (C=O) groups excluding carboxylic acids is 1. The topological polar surface area (TPSA) is 97.5 Å². The maximum absolute atomic E-state index is 12.8. The van der Waals surface area contributed by atoms with E-state index in [4.69, 9.17) is 16.1 Å². The van der Waals surface area contributed by atoms with E-state index in [2.05, 4.69) is 5.16 Å². The first-order valence-electron chi connectivity index (χ1n) is 6.83. The molecule has 0 radical (unpaired) electrons. The number of carboxylic acid groups (broad SMARTS) is 1. The van der Waals surface area contributed by atoms with E-state index in [1.165, 1.54) is 12.1 Å². The predicted molar refractivity (Wildman–Crippen MR) is 82.1 cm³/mol. The van der Waals surface area contributed by atoms with Crippen molar-refractivity contribution in [3.8, 4) is 0 Å². The fraction of sp³-hybridized carbons (Fsp3) is 0.267. The molecule has 0 atom stereocenters. The molecular formula is C15H11ClNO5S+. The van der Waals surface area contributed by atoms with Gasteiger partial charge in [0.15, 0.2) is 5.76 Å². The Morgan fingerprint density at radius 2 is 2.13 bits per heavy atom. The molecule has 23 heavy (non-hydrogen) atoms. The van der Waals surface area contributed by atoms with Crippen LogP contribution >= 0.6 is 11.6 Å². The highest BCUT2D eigenvalue weighted by Crippen LogP contribution is 2.43. The molecule has 1 N–H and O–H groups in total. The van der Waals surface area contributed by atoms with E-state index in [0.29, 0.717) is 23.0 Å². The van der Waals surface area contributed by atoms with Gasteiger partial charge in [0.2, 0.25) is 11.5 Å². The van der Waals surface area contributed by atoms with Crippen LogP contribution in [0.3, 0.4) is 0 Å². The Kier molecular flexibility index (Phi) is 4.23. The second-order valence-electron chi connectivity index (χ2n) is 5.26. The van der Waals surface area contributed by atoms with Crippen molar-refractivity contribution < 1.29 is 23.4 Å². The van der Waals surface area contributed by atoms with Gasteiger partial charge >= 0.3 is 17.6 Å². The van der Waals surface area contributed by atoms with Crippen molar-refractivity contribution in [2.24, 2.45) is 0 Å². The van der Waals surface area contributed by atoms with Crippen LogP contribution in [0.25, 0.3) is 0 Å². The molecule has 1 saturated carbocycles. The van der Waals surface area contributed by atoms with Crippen molar-refractivity contribution in [2.45, 2.75) is 24.5 Å². The molecule has 0 saturated heterocycles. The molecule has 8 heteroatoms. The molecule has 1 fully saturated rings. The lowest BCUT2D eigenvalue weighted by molar-refractivity contribution is 0.0682. The van der Waals surface area contributed by atoms with Crippen molar-refractivity contribution in [2.75, 3.05) is 0 Å². The summed E-state index contributed by atoms with van der Waals surface area (Å²) in [5, 5.41) is 12.9. The molecule has 0 amide bonds. The van der Waals surface area contributed by atoms with Gasteiger partial charge in [-0.25, -0.2) is 4.79 Å². The van der Waals surface area contributed by atoms with Crippen LogP contribution in [-0.4, -0.2) is 22.0 Å². The lowest BCUT2D eigenvalue weighted by atomic mass is 9.98. The van der Waals surface area contributed by atoms with Gasteiger partial charge in [0.05, 0.1) is 5.02 Å². The molecule has 0 aliphatic heterocycles. The first kappa shape index (κ1) is 15.8. The van der Waals surface area contributed by atoms with Crippen LogP contribution in [0.1, 0.15) is 56.5 Å². The number of aromatic carboxylic acids is 1. The van der Waals surface area contributed by atoms with Crippen molar-refractivity contribution >= 4 is 35.0 Å². The van der Waals surface area contributed by atoms with Gasteiger partial charge < -0.3 is 9.63 Å². The largest absolute Gasteiger partial charge is 0.476 e. The van der Waals surface area contributed by atoms with Crippen LogP contribution in [0.2, 0.25) is 5.02 Å². The van der Waals surface area contributed by atoms with Crippen molar-refractivity contribution in [1.29, 1.82) is 0 Å². The Bertz CT molecular complexity index is 812. The third-order valence-electron chi connectivity index (χ3n) is 3.60. The number of rotatable bonds is 6. The van der Waals surface area contributed by atoms with Gasteiger partial charge in [-0.2, -0.15) is 0 Å². The summed E-state index contributed by atoms with van der Waals surface area (Å²) >= 11 is 6.53. The van der Waals surface area contributed by atoms with Gasteiger partial charge in [0.25, 0.3) is 5.75 Å². The zero-order chi connectivity index (χ0) is 16.6. The molecule has 0 bridgehead atoms. The number of hydrogen-bond acceptors (Lipinski definition) is 5. The average Bonchev–Trinajstić information content (AvgIpc) is 3.25. The normalized spacial score (nSPS) is 13.8. The summed E-state index contributed by atoms with van der Waals surface area (Å²) in [6.07, 6.45) is 1.67. The van der Waals surface area contributed by atoms with Gasteiger partial charge in [-0.3, -0.25) is 4.79 Å². The van der Waals surface area contributed by atoms with E-state index in [-0.39, 0.29) is 27.8 Å². The molecular weight excluding hydrogens is 342 g/mol. The third-order valence-corrected chi connectivity index (χ3v) is 4.36. The summed E-state index contributed by atoms with van der Waals surface area (Å²) in [6, 6.07) is 4.64. The standard InChI is InChI=1S/C15H10ClNO5S/c16-10-5-7(6-23-21)1-4-9(10)13(18)11-12(15(19)20)17-22-14(11)8-2-3-8/h1,4-5,8H,2-3,6H2/p+1. The molecule has 0 unspecified atom stereocenters. The van der Waals surface area contributed by atoms with Crippen LogP contribution in [0.4, 0.5) is 0 Å². The zero-order valence-corrected chi connectivity index (χ0v) is 13.3. The molecule has 118 valence electrons. The van der Waals surface area contributed by atoms with Crippen LogP contribution in [0.15, 0.2) is 22.7 Å². The SMILES string of the molecule is O=[S+]Cc1ccc(C(=O)c2c(C(=O)O)noc2C2CC2)c(Cl)c1. The molecule has 6 nitrogen and oxygen atoms in total. The number of aromatic nitrogens is 1.